The molecule has 1 aromatic heterocycles. The molecule has 0 radical (unpaired) electrons. The van der Waals surface area contributed by atoms with Crippen molar-refractivity contribution in [2.75, 3.05) is 7.11 Å². The second kappa shape index (κ2) is 8.28. The lowest BCUT2D eigenvalue weighted by Gasteiger charge is -2.03. The minimum atomic E-state index is -0.842. The lowest BCUT2D eigenvalue weighted by atomic mass is 10.2. The van der Waals surface area contributed by atoms with Gasteiger partial charge in [-0.25, -0.2) is 5.43 Å². The predicted octanol–water partition coefficient (Wildman–Crippen LogP) is 0.857. The third-order valence-electron chi connectivity index (χ3n) is 2.86. The highest BCUT2D eigenvalue weighted by atomic mass is 16.5. The van der Waals surface area contributed by atoms with Crippen molar-refractivity contribution >= 4 is 18.0 Å². The van der Waals surface area contributed by atoms with Crippen molar-refractivity contribution in [3.05, 3.63) is 59.9 Å². The molecule has 23 heavy (non-hydrogen) atoms. The molecule has 0 atom stereocenters. The predicted molar refractivity (Wildman–Crippen MR) is 84.8 cm³/mol. The number of aromatic nitrogens is 1. The molecule has 2 rings (SSSR count). The van der Waals surface area contributed by atoms with Crippen molar-refractivity contribution in [3.8, 4) is 5.75 Å². The maximum absolute atomic E-state index is 11.6. The Morgan fingerprint density at radius 1 is 1.17 bits per heavy atom. The Labute approximate surface area is 133 Å². The van der Waals surface area contributed by atoms with Crippen LogP contribution in [0.3, 0.4) is 0 Å². The molecule has 0 spiro atoms. The zero-order valence-electron chi connectivity index (χ0n) is 12.5. The zero-order chi connectivity index (χ0) is 16.5. The lowest BCUT2D eigenvalue weighted by Crippen LogP contribution is -2.37. The Bertz CT molecular complexity index is 684. The molecular weight excluding hydrogens is 296 g/mol. The van der Waals surface area contributed by atoms with Gasteiger partial charge in [0.15, 0.2) is 0 Å². The fourth-order valence-corrected chi connectivity index (χ4v) is 1.66. The topological polar surface area (TPSA) is 92.7 Å². The van der Waals surface area contributed by atoms with Crippen LogP contribution in [-0.4, -0.2) is 30.1 Å². The van der Waals surface area contributed by atoms with Crippen LogP contribution in [0, 0.1) is 0 Å². The van der Waals surface area contributed by atoms with Crippen LogP contribution in [0.25, 0.3) is 0 Å². The van der Waals surface area contributed by atoms with Crippen LogP contribution in [0.1, 0.15) is 11.3 Å². The molecule has 7 heteroatoms. The number of hydrazone groups is 1. The largest absolute Gasteiger partial charge is 0.497 e. The molecule has 0 bridgehead atoms. The summed E-state index contributed by atoms with van der Waals surface area (Å²) in [7, 11) is 1.58. The normalized spacial score (nSPS) is 10.3. The van der Waals surface area contributed by atoms with Gasteiger partial charge in [-0.3, -0.25) is 14.6 Å². The summed E-state index contributed by atoms with van der Waals surface area (Å²) in [6.45, 7) is 0.176. The van der Waals surface area contributed by atoms with Crippen LogP contribution < -0.4 is 15.5 Å². The second-order valence-corrected chi connectivity index (χ2v) is 4.48. The number of nitrogens with one attached hydrogen (secondary N) is 2. The minimum absolute atomic E-state index is 0.176. The molecule has 0 aliphatic rings. The van der Waals surface area contributed by atoms with Crippen molar-refractivity contribution in [2.45, 2.75) is 6.54 Å². The fourth-order valence-electron chi connectivity index (χ4n) is 1.66. The standard InChI is InChI=1S/C16H16N4O3/c1-23-14-7-5-12(6-8-14)10-19-20-16(22)15(21)18-11-13-4-2-3-9-17-13/h2-10H,11H2,1H3,(H,18,21)(H,20,22)/b19-10-. The Hall–Kier alpha value is -3.22. The van der Waals surface area contributed by atoms with Gasteiger partial charge in [0.1, 0.15) is 5.75 Å². The highest BCUT2D eigenvalue weighted by Gasteiger charge is 2.11. The van der Waals surface area contributed by atoms with Crippen molar-refractivity contribution in [3.63, 3.8) is 0 Å². The first-order valence-electron chi connectivity index (χ1n) is 6.84. The van der Waals surface area contributed by atoms with Gasteiger partial charge < -0.3 is 10.1 Å². The van der Waals surface area contributed by atoms with E-state index in [0.29, 0.717) is 5.69 Å². The van der Waals surface area contributed by atoms with Gasteiger partial charge in [-0.1, -0.05) is 6.07 Å². The van der Waals surface area contributed by atoms with Gasteiger partial charge in [-0.05, 0) is 42.0 Å². The molecule has 1 heterocycles. The third-order valence-corrected chi connectivity index (χ3v) is 2.86. The van der Waals surface area contributed by atoms with E-state index in [9.17, 15) is 9.59 Å². The monoisotopic (exact) mass is 312 g/mol. The van der Waals surface area contributed by atoms with E-state index in [0.717, 1.165) is 11.3 Å². The number of methoxy groups -OCH3 is 1. The number of hydrogen-bond acceptors (Lipinski definition) is 5. The van der Waals surface area contributed by atoms with E-state index in [4.69, 9.17) is 4.74 Å². The van der Waals surface area contributed by atoms with Gasteiger partial charge in [0, 0.05) is 6.20 Å². The Morgan fingerprint density at radius 3 is 2.61 bits per heavy atom. The molecule has 2 N–H and O–H groups in total. The maximum atomic E-state index is 11.6. The molecule has 0 saturated carbocycles. The van der Waals surface area contributed by atoms with Crippen LogP contribution >= 0.6 is 0 Å². The number of hydrogen-bond donors (Lipinski definition) is 2. The number of pyridine rings is 1. The summed E-state index contributed by atoms with van der Waals surface area (Å²) in [6, 6.07) is 12.4. The molecule has 2 aromatic rings. The fraction of sp³-hybridized carbons (Fsp3) is 0.125. The number of ether oxygens (including phenoxy) is 1. The first-order valence-corrected chi connectivity index (χ1v) is 6.84. The number of benzene rings is 1. The number of carbonyl (C=O) groups excluding carboxylic acids is 2. The summed E-state index contributed by atoms with van der Waals surface area (Å²) in [4.78, 5) is 27.2. The van der Waals surface area contributed by atoms with E-state index in [-0.39, 0.29) is 6.54 Å². The molecule has 0 aliphatic carbocycles. The van der Waals surface area contributed by atoms with E-state index >= 15 is 0 Å². The quantitative estimate of drug-likeness (QED) is 0.486. The highest BCUT2D eigenvalue weighted by Crippen LogP contribution is 2.09. The summed E-state index contributed by atoms with van der Waals surface area (Å²) in [6.07, 6.45) is 3.05. The summed E-state index contributed by atoms with van der Waals surface area (Å²) in [5.41, 5.74) is 3.59. The van der Waals surface area contributed by atoms with E-state index < -0.39 is 11.8 Å². The molecule has 0 aliphatic heterocycles. The SMILES string of the molecule is COc1ccc(/C=N\NC(=O)C(=O)NCc2ccccn2)cc1. The van der Waals surface area contributed by atoms with Crippen molar-refractivity contribution in [1.29, 1.82) is 0 Å². The van der Waals surface area contributed by atoms with Gasteiger partial charge in [0.25, 0.3) is 0 Å². The zero-order valence-corrected chi connectivity index (χ0v) is 12.5. The number of carbonyl (C=O) groups is 2. The first kappa shape index (κ1) is 16.2. The van der Waals surface area contributed by atoms with E-state index in [2.05, 4.69) is 20.8 Å². The average molecular weight is 312 g/mol. The van der Waals surface area contributed by atoms with Gasteiger partial charge in [-0.2, -0.15) is 5.10 Å². The van der Waals surface area contributed by atoms with E-state index in [1.807, 2.05) is 0 Å². The van der Waals surface area contributed by atoms with Gasteiger partial charge >= 0.3 is 11.8 Å². The smallest absolute Gasteiger partial charge is 0.329 e. The minimum Gasteiger partial charge on any atom is -0.497 e. The van der Waals surface area contributed by atoms with Crippen LogP contribution in [0.15, 0.2) is 53.8 Å². The van der Waals surface area contributed by atoms with Crippen LogP contribution in [0.4, 0.5) is 0 Å². The molecular formula is C16H16N4O3. The van der Waals surface area contributed by atoms with Crippen molar-refractivity contribution in [1.82, 2.24) is 15.7 Å². The summed E-state index contributed by atoms with van der Waals surface area (Å²) >= 11 is 0. The van der Waals surface area contributed by atoms with Crippen molar-refractivity contribution in [2.24, 2.45) is 5.10 Å². The number of rotatable bonds is 5. The van der Waals surface area contributed by atoms with Gasteiger partial charge in [0.2, 0.25) is 0 Å². The summed E-state index contributed by atoms with van der Waals surface area (Å²) < 4.78 is 5.03. The first-order chi connectivity index (χ1) is 11.2. The van der Waals surface area contributed by atoms with Crippen molar-refractivity contribution < 1.29 is 14.3 Å². The van der Waals surface area contributed by atoms with Crippen LogP contribution in [-0.2, 0) is 16.1 Å². The molecule has 0 unspecified atom stereocenters. The molecule has 1 aromatic carbocycles. The summed E-state index contributed by atoms with van der Waals surface area (Å²) in [5, 5.41) is 6.19. The Kier molecular flexibility index (Phi) is 5.81. The highest BCUT2D eigenvalue weighted by molar-refractivity contribution is 6.35. The average Bonchev–Trinajstić information content (AvgIpc) is 2.61. The second-order valence-electron chi connectivity index (χ2n) is 4.48. The molecule has 2 amide bonds. The Balaban J connectivity index is 1.79. The molecule has 0 fully saturated rings. The molecule has 0 saturated heterocycles. The Morgan fingerprint density at radius 2 is 1.96 bits per heavy atom. The van der Waals surface area contributed by atoms with E-state index in [1.54, 1.807) is 55.8 Å². The number of amides is 2. The molecule has 118 valence electrons. The third kappa shape index (κ3) is 5.24. The maximum Gasteiger partial charge on any atom is 0.329 e. The lowest BCUT2D eigenvalue weighted by molar-refractivity contribution is -0.139. The summed E-state index contributed by atoms with van der Waals surface area (Å²) in [5.74, 6) is -0.895. The number of nitrogens with zero attached hydrogens (tertiary/aromatic N) is 2. The molecule has 7 nitrogen and oxygen atoms in total. The van der Waals surface area contributed by atoms with Crippen LogP contribution in [0.5, 0.6) is 5.75 Å². The van der Waals surface area contributed by atoms with Crippen LogP contribution in [0.2, 0.25) is 0 Å². The van der Waals surface area contributed by atoms with E-state index in [1.165, 1.54) is 6.21 Å². The van der Waals surface area contributed by atoms with Gasteiger partial charge in [-0.15, -0.1) is 0 Å². The van der Waals surface area contributed by atoms with Gasteiger partial charge in [0.05, 0.1) is 25.6 Å².